The molecule has 0 spiro atoms. The standard InChI is InChI=1S/C16H14O3/c1-18-15-6-2-5-14-13(15)8-7-11(16(14)17)10-12-4-3-9-19-12/h2-6,9-10H,7-8H2,1H3. The first-order chi connectivity index (χ1) is 9.29. The fourth-order valence-electron chi connectivity index (χ4n) is 2.46. The summed E-state index contributed by atoms with van der Waals surface area (Å²) in [4.78, 5) is 12.4. The van der Waals surface area contributed by atoms with Crippen molar-refractivity contribution in [3.63, 3.8) is 0 Å². The van der Waals surface area contributed by atoms with E-state index in [2.05, 4.69) is 0 Å². The van der Waals surface area contributed by atoms with Crippen LogP contribution < -0.4 is 4.74 Å². The number of carbonyl (C=O) groups excluding carboxylic acids is 1. The van der Waals surface area contributed by atoms with E-state index in [0.29, 0.717) is 6.42 Å². The molecule has 1 aromatic carbocycles. The highest BCUT2D eigenvalue weighted by Crippen LogP contribution is 2.32. The van der Waals surface area contributed by atoms with E-state index >= 15 is 0 Å². The van der Waals surface area contributed by atoms with Crippen LogP contribution in [0.3, 0.4) is 0 Å². The second kappa shape index (κ2) is 4.76. The molecule has 0 N–H and O–H groups in total. The Morgan fingerprint density at radius 2 is 2.11 bits per heavy atom. The van der Waals surface area contributed by atoms with E-state index in [1.165, 1.54) is 0 Å². The minimum Gasteiger partial charge on any atom is -0.496 e. The fourth-order valence-corrected chi connectivity index (χ4v) is 2.46. The normalized spacial score (nSPS) is 16.5. The number of rotatable bonds is 2. The summed E-state index contributed by atoms with van der Waals surface area (Å²) in [5.41, 5.74) is 2.53. The Morgan fingerprint density at radius 3 is 2.84 bits per heavy atom. The van der Waals surface area contributed by atoms with Crippen LogP contribution in [0.4, 0.5) is 0 Å². The first-order valence-electron chi connectivity index (χ1n) is 6.24. The molecule has 0 amide bonds. The van der Waals surface area contributed by atoms with E-state index in [1.807, 2.05) is 36.4 Å². The lowest BCUT2D eigenvalue weighted by molar-refractivity contribution is 0.102. The summed E-state index contributed by atoms with van der Waals surface area (Å²) >= 11 is 0. The molecule has 0 radical (unpaired) electrons. The second-order valence-corrected chi connectivity index (χ2v) is 4.50. The van der Waals surface area contributed by atoms with Crippen LogP contribution in [-0.2, 0) is 6.42 Å². The second-order valence-electron chi connectivity index (χ2n) is 4.50. The van der Waals surface area contributed by atoms with Gasteiger partial charge in [-0.1, -0.05) is 12.1 Å². The third-order valence-corrected chi connectivity index (χ3v) is 3.39. The molecule has 2 aromatic rings. The van der Waals surface area contributed by atoms with Crippen LogP contribution in [0.5, 0.6) is 5.75 Å². The zero-order chi connectivity index (χ0) is 13.2. The van der Waals surface area contributed by atoms with Gasteiger partial charge in [-0.3, -0.25) is 4.79 Å². The first-order valence-corrected chi connectivity index (χ1v) is 6.24. The summed E-state index contributed by atoms with van der Waals surface area (Å²) in [5.74, 6) is 1.58. The number of allylic oxidation sites excluding steroid dienone is 1. The van der Waals surface area contributed by atoms with Crippen LogP contribution in [0.15, 0.2) is 46.6 Å². The molecule has 0 saturated carbocycles. The molecule has 1 aliphatic rings. The summed E-state index contributed by atoms with van der Waals surface area (Å²) in [7, 11) is 1.63. The van der Waals surface area contributed by atoms with Crippen LogP contribution in [0.1, 0.15) is 28.1 Å². The number of ether oxygens (including phenoxy) is 1. The summed E-state index contributed by atoms with van der Waals surface area (Å²) < 4.78 is 10.6. The van der Waals surface area contributed by atoms with Gasteiger partial charge in [0.15, 0.2) is 5.78 Å². The summed E-state index contributed by atoms with van der Waals surface area (Å²) in [6.07, 6.45) is 4.96. The largest absolute Gasteiger partial charge is 0.496 e. The van der Waals surface area contributed by atoms with Crippen molar-refractivity contribution in [3.8, 4) is 5.75 Å². The van der Waals surface area contributed by atoms with Gasteiger partial charge < -0.3 is 9.15 Å². The Balaban J connectivity index is 2.01. The number of Topliss-reactive ketones (excluding diaryl/α,β-unsaturated/α-hetero) is 1. The molecule has 1 aromatic heterocycles. The smallest absolute Gasteiger partial charge is 0.189 e. The average Bonchev–Trinajstić information content (AvgIpc) is 2.94. The van der Waals surface area contributed by atoms with Crippen molar-refractivity contribution in [2.75, 3.05) is 7.11 Å². The van der Waals surface area contributed by atoms with Crippen molar-refractivity contribution in [1.82, 2.24) is 0 Å². The SMILES string of the molecule is COc1cccc2c1CCC(=Cc1ccco1)C2=O. The predicted octanol–water partition coefficient (Wildman–Crippen LogP) is 3.50. The highest BCUT2D eigenvalue weighted by atomic mass is 16.5. The van der Waals surface area contributed by atoms with Gasteiger partial charge in [0.1, 0.15) is 11.5 Å². The lowest BCUT2D eigenvalue weighted by Crippen LogP contribution is -2.14. The van der Waals surface area contributed by atoms with Crippen LogP contribution in [-0.4, -0.2) is 12.9 Å². The predicted molar refractivity (Wildman–Crippen MR) is 72.3 cm³/mol. The Kier molecular flexibility index (Phi) is 2.95. The molecular weight excluding hydrogens is 240 g/mol. The zero-order valence-corrected chi connectivity index (χ0v) is 10.7. The number of methoxy groups -OCH3 is 1. The van der Waals surface area contributed by atoms with Crippen molar-refractivity contribution in [2.24, 2.45) is 0 Å². The van der Waals surface area contributed by atoms with Crippen molar-refractivity contribution in [1.29, 1.82) is 0 Å². The van der Waals surface area contributed by atoms with Gasteiger partial charge in [-0.25, -0.2) is 0 Å². The van der Waals surface area contributed by atoms with Crippen molar-refractivity contribution in [3.05, 3.63) is 59.1 Å². The first kappa shape index (κ1) is 11.8. The fraction of sp³-hybridized carbons (Fsp3) is 0.188. The van der Waals surface area contributed by atoms with Gasteiger partial charge in [-0.15, -0.1) is 0 Å². The highest BCUT2D eigenvalue weighted by Gasteiger charge is 2.24. The minimum absolute atomic E-state index is 0.0663. The zero-order valence-electron chi connectivity index (χ0n) is 10.7. The molecule has 0 bridgehead atoms. The minimum atomic E-state index is 0.0663. The topological polar surface area (TPSA) is 39.4 Å². The van der Waals surface area contributed by atoms with Gasteiger partial charge in [0.05, 0.1) is 13.4 Å². The van der Waals surface area contributed by atoms with E-state index in [0.717, 1.165) is 34.6 Å². The lowest BCUT2D eigenvalue weighted by Gasteiger charge is -2.19. The maximum atomic E-state index is 12.4. The van der Waals surface area contributed by atoms with Gasteiger partial charge in [0.25, 0.3) is 0 Å². The Bertz CT molecular complexity index is 636. The summed E-state index contributed by atoms with van der Waals surface area (Å²) in [5, 5.41) is 0. The summed E-state index contributed by atoms with van der Waals surface area (Å²) in [6, 6.07) is 9.27. The lowest BCUT2D eigenvalue weighted by atomic mass is 9.86. The molecule has 96 valence electrons. The summed E-state index contributed by atoms with van der Waals surface area (Å²) in [6.45, 7) is 0. The van der Waals surface area contributed by atoms with Crippen molar-refractivity contribution >= 4 is 11.9 Å². The molecule has 0 saturated heterocycles. The number of carbonyl (C=O) groups is 1. The van der Waals surface area contributed by atoms with E-state index in [4.69, 9.17) is 9.15 Å². The number of hydrogen-bond donors (Lipinski definition) is 0. The van der Waals surface area contributed by atoms with Gasteiger partial charge >= 0.3 is 0 Å². The molecule has 19 heavy (non-hydrogen) atoms. The van der Waals surface area contributed by atoms with Gasteiger partial charge in [-0.2, -0.15) is 0 Å². The van der Waals surface area contributed by atoms with Crippen LogP contribution in [0.2, 0.25) is 0 Å². The Labute approximate surface area is 111 Å². The van der Waals surface area contributed by atoms with E-state index in [1.54, 1.807) is 13.4 Å². The monoisotopic (exact) mass is 254 g/mol. The molecule has 0 aliphatic heterocycles. The molecule has 3 nitrogen and oxygen atoms in total. The third kappa shape index (κ3) is 2.08. The average molecular weight is 254 g/mol. The number of furan rings is 1. The molecule has 3 heteroatoms. The van der Waals surface area contributed by atoms with Crippen LogP contribution in [0, 0.1) is 0 Å². The van der Waals surface area contributed by atoms with E-state index in [9.17, 15) is 4.79 Å². The quantitative estimate of drug-likeness (QED) is 0.770. The maximum Gasteiger partial charge on any atom is 0.189 e. The van der Waals surface area contributed by atoms with Gasteiger partial charge in [0, 0.05) is 16.7 Å². The highest BCUT2D eigenvalue weighted by molar-refractivity contribution is 6.13. The van der Waals surface area contributed by atoms with Gasteiger partial charge in [0.2, 0.25) is 0 Å². The molecule has 0 atom stereocenters. The van der Waals surface area contributed by atoms with Crippen molar-refractivity contribution < 1.29 is 13.9 Å². The molecular formula is C16H14O3. The number of hydrogen-bond acceptors (Lipinski definition) is 3. The third-order valence-electron chi connectivity index (χ3n) is 3.39. The van der Waals surface area contributed by atoms with Gasteiger partial charge in [-0.05, 0) is 37.1 Å². The maximum absolute atomic E-state index is 12.4. The van der Waals surface area contributed by atoms with E-state index < -0.39 is 0 Å². The Hall–Kier alpha value is -2.29. The molecule has 0 unspecified atom stereocenters. The number of fused-ring (bicyclic) bond motifs is 1. The van der Waals surface area contributed by atoms with Crippen molar-refractivity contribution in [2.45, 2.75) is 12.8 Å². The van der Waals surface area contributed by atoms with E-state index in [-0.39, 0.29) is 5.78 Å². The molecule has 1 heterocycles. The van der Waals surface area contributed by atoms with Crippen LogP contribution in [0.25, 0.3) is 6.08 Å². The molecule has 0 fully saturated rings. The Morgan fingerprint density at radius 1 is 1.21 bits per heavy atom. The number of benzene rings is 1. The molecule has 1 aliphatic carbocycles. The van der Waals surface area contributed by atoms with Crippen LogP contribution >= 0.6 is 0 Å². The number of ketones is 1. The molecule has 3 rings (SSSR count).